The van der Waals surface area contributed by atoms with E-state index in [4.69, 9.17) is 0 Å². The van der Waals surface area contributed by atoms with Crippen LogP contribution in [0.4, 0.5) is 5.69 Å². The number of anilines is 1. The molecule has 1 saturated heterocycles. The van der Waals surface area contributed by atoms with Crippen molar-refractivity contribution in [3.05, 3.63) is 29.8 Å². The molecule has 1 heterocycles. The standard InChI is InChI=1S/C13H15N3O3/c1-8-4-3-5-9(6-8)14-11(17)7-10-12(18)15-16(2)13(10)19/h3-6,10H,7H2,1-2H3,(H,14,17)(H,15,18). The number of nitrogens with one attached hydrogen (secondary N) is 2. The van der Waals surface area contributed by atoms with E-state index in [1.54, 1.807) is 6.07 Å². The third kappa shape index (κ3) is 2.90. The summed E-state index contributed by atoms with van der Waals surface area (Å²) in [7, 11) is 1.46. The van der Waals surface area contributed by atoms with Crippen LogP contribution in [0.2, 0.25) is 0 Å². The second kappa shape index (κ2) is 5.09. The van der Waals surface area contributed by atoms with Gasteiger partial charge < -0.3 is 5.32 Å². The van der Waals surface area contributed by atoms with Crippen molar-refractivity contribution in [2.24, 2.45) is 5.92 Å². The Morgan fingerprint density at radius 3 is 2.74 bits per heavy atom. The number of aryl methyl sites for hydroxylation is 1. The molecule has 1 aromatic carbocycles. The molecular formula is C13H15N3O3. The fraction of sp³-hybridized carbons (Fsp3) is 0.308. The molecule has 0 radical (unpaired) electrons. The van der Waals surface area contributed by atoms with E-state index in [-0.39, 0.29) is 18.2 Å². The number of nitrogens with zero attached hydrogens (tertiary/aromatic N) is 1. The van der Waals surface area contributed by atoms with E-state index in [2.05, 4.69) is 10.7 Å². The Morgan fingerprint density at radius 1 is 1.42 bits per heavy atom. The molecule has 0 saturated carbocycles. The van der Waals surface area contributed by atoms with Crippen LogP contribution in [0.5, 0.6) is 0 Å². The Bertz CT molecular complexity index is 542. The second-order valence-electron chi connectivity index (χ2n) is 4.55. The minimum Gasteiger partial charge on any atom is -0.326 e. The van der Waals surface area contributed by atoms with E-state index in [0.717, 1.165) is 10.6 Å². The molecule has 19 heavy (non-hydrogen) atoms. The molecule has 2 N–H and O–H groups in total. The van der Waals surface area contributed by atoms with Crippen LogP contribution in [0, 0.1) is 12.8 Å². The van der Waals surface area contributed by atoms with Gasteiger partial charge in [0.2, 0.25) is 5.91 Å². The zero-order chi connectivity index (χ0) is 14.0. The van der Waals surface area contributed by atoms with Gasteiger partial charge in [-0.25, -0.2) is 0 Å². The summed E-state index contributed by atoms with van der Waals surface area (Å²) in [6.45, 7) is 1.92. The average molecular weight is 261 g/mol. The lowest BCUT2D eigenvalue weighted by atomic mass is 10.0. The molecular weight excluding hydrogens is 246 g/mol. The highest BCUT2D eigenvalue weighted by Crippen LogP contribution is 2.15. The van der Waals surface area contributed by atoms with E-state index >= 15 is 0 Å². The van der Waals surface area contributed by atoms with Crippen LogP contribution in [0.1, 0.15) is 12.0 Å². The maximum atomic E-state index is 11.8. The van der Waals surface area contributed by atoms with E-state index in [0.29, 0.717) is 5.69 Å². The first-order valence-corrected chi connectivity index (χ1v) is 5.92. The number of carbonyl (C=O) groups is 3. The number of hydrogen-bond acceptors (Lipinski definition) is 3. The van der Waals surface area contributed by atoms with Crippen molar-refractivity contribution in [2.45, 2.75) is 13.3 Å². The van der Waals surface area contributed by atoms with Crippen LogP contribution < -0.4 is 10.7 Å². The lowest BCUT2D eigenvalue weighted by molar-refractivity contribution is -0.134. The van der Waals surface area contributed by atoms with Crippen molar-refractivity contribution in [1.29, 1.82) is 0 Å². The quantitative estimate of drug-likeness (QED) is 0.775. The third-order valence-corrected chi connectivity index (χ3v) is 2.91. The van der Waals surface area contributed by atoms with E-state index in [1.807, 2.05) is 25.1 Å². The van der Waals surface area contributed by atoms with E-state index < -0.39 is 11.8 Å². The van der Waals surface area contributed by atoms with Gasteiger partial charge in [0.25, 0.3) is 11.8 Å². The Labute approximate surface area is 110 Å². The maximum absolute atomic E-state index is 11.8. The van der Waals surface area contributed by atoms with Crippen molar-refractivity contribution in [1.82, 2.24) is 10.4 Å². The normalized spacial score (nSPS) is 18.4. The molecule has 0 aromatic heterocycles. The van der Waals surface area contributed by atoms with Gasteiger partial charge in [0.1, 0.15) is 5.92 Å². The van der Waals surface area contributed by atoms with Gasteiger partial charge in [0, 0.05) is 19.2 Å². The SMILES string of the molecule is Cc1cccc(NC(=O)CC2C(=O)NN(C)C2=O)c1. The number of rotatable bonds is 3. The summed E-state index contributed by atoms with van der Waals surface area (Å²) in [6.07, 6.45) is -0.150. The highest BCUT2D eigenvalue weighted by atomic mass is 16.2. The molecule has 6 nitrogen and oxygen atoms in total. The monoisotopic (exact) mass is 261 g/mol. The first-order chi connectivity index (χ1) is 8.97. The second-order valence-corrected chi connectivity index (χ2v) is 4.55. The van der Waals surface area contributed by atoms with Gasteiger partial charge in [-0.05, 0) is 24.6 Å². The Kier molecular flexibility index (Phi) is 3.50. The lowest BCUT2D eigenvalue weighted by Gasteiger charge is -2.08. The lowest BCUT2D eigenvalue weighted by Crippen LogP contribution is -2.31. The maximum Gasteiger partial charge on any atom is 0.253 e. The largest absolute Gasteiger partial charge is 0.326 e. The van der Waals surface area contributed by atoms with Gasteiger partial charge in [-0.1, -0.05) is 12.1 Å². The molecule has 100 valence electrons. The molecule has 1 aromatic rings. The number of hydrogen-bond donors (Lipinski definition) is 2. The molecule has 3 amide bonds. The van der Waals surface area contributed by atoms with Gasteiger partial charge >= 0.3 is 0 Å². The highest BCUT2D eigenvalue weighted by Gasteiger charge is 2.38. The molecule has 1 aliphatic rings. The van der Waals surface area contributed by atoms with Gasteiger partial charge in [-0.15, -0.1) is 0 Å². The van der Waals surface area contributed by atoms with Crippen LogP contribution >= 0.6 is 0 Å². The zero-order valence-corrected chi connectivity index (χ0v) is 10.8. The molecule has 0 spiro atoms. The number of hydrazine groups is 1. The molecule has 1 atom stereocenters. The van der Waals surface area contributed by atoms with Gasteiger partial charge in [-0.2, -0.15) is 0 Å². The van der Waals surface area contributed by atoms with Gasteiger partial charge in [-0.3, -0.25) is 24.8 Å². The Hall–Kier alpha value is -2.37. The molecule has 0 bridgehead atoms. The number of amides is 3. The van der Waals surface area contributed by atoms with Crippen molar-refractivity contribution < 1.29 is 14.4 Å². The number of benzene rings is 1. The van der Waals surface area contributed by atoms with Crippen molar-refractivity contribution in [2.75, 3.05) is 12.4 Å². The summed E-state index contributed by atoms with van der Waals surface area (Å²) < 4.78 is 0. The van der Waals surface area contributed by atoms with Crippen LogP contribution in [0.15, 0.2) is 24.3 Å². The highest BCUT2D eigenvalue weighted by molar-refractivity contribution is 6.08. The van der Waals surface area contributed by atoms with Crippen LogP contribution in [-0.4, -0.2) is 29.8 Å². The fourth-order valence-corrected chi connectivity index (χ4v) is 1.94. The van der Waals surface area contributed by atoms with Crippen molar-refractivity contribution in [3.8, 4) is 0 Å². The van der Waals surface area contributed by atoms with Gasteiger partial charge in [0.05, 0.1) is 0 Å². The van der Waals surface area contributed by atoms with Crippen LogP contribution in [0.3, 0.4) is 0 Å². The topological polar surface area (TPSA) is 78.5 Å². The number of carbonyl (C=O) groups excluding carboxylic acids is 3. The minimum absolute atomic E-state index is 0.150. The fourth-order valence-electron chi connectivity index (χ4n) is 1.94. The Morgan fingerprint density at radius 2 is 2.16 bits per heavy atom. The smallest absolute Gasteiger partial charge is 0.253 e. The first-order valence-electron chi connectivity index (χ1n) is 5.92. The molecule has 0 aliphatic carbocycles. The average Bonchev–Trinajstić information content (AvgIpc) is 2.56. The molecule has 1 unspecified atom stereocenters. The van der Waals surface area contributed by atoms with Crippen LogP contribution in [0.25, 0.3) is 0 Å². The van der Waals surface area contributed by atoms with E-state index in [9.17, 15) is 14.4 Å². The molecule has 1 aliphatic heterocycles. The third-order valence-electron chi connectivity index (χ3n) is 2.91. The summed E-state index contributed by atoms with van der Waals surface area (Å²) in [4.78, 5) is 34.9. The molecule has 2 rings (SSSR count). The zero-order valence-electron chi connectivity index (χ0n) is 10.8. The minimum atomic E-state index is -0.935. The van der Waals surface area contributed by atoms with E-state index in [1.165, 1.54) is 7.05 Å². The van der Waals surface area contributed by atoms with Crippen LogP contribution in [-0.2, 0) is 14.4 Å². The summed E-state index contributed by atoms with van der Waals surface area (Å²) in [5.74, 6) is -2.11. The summed E-state index contributed by atoms with van der Waals surface area (Å²) >= 11 is 0. The predicted octanol–water partition coefficient (Wildman–Crippen LogP) is 0.443. The van der Waals surface area contributed by atoms with Crippen molar-refractivity contribution in [3.63, 3.8) is 0 Å². The predicted molar refractivity (Wildman–Crippen MR) is 68.8 cm³/mol. The first kappa shape index (κ1) is 13.1. The Balaban J connectivity index is 1.98. The van der Waals surface area contributed by atoms with Crippen molar-refractivity contribution >= 4 is 23.4 Å². The summed E-state index contributed by atoms with van der Waals surface area (Å²) in [6, 6.07) is 7.32. The summed E-state index contributed by atoms with van der Waals surface area (Å²) in [5, 5.41) is 3.78. The molecule has 1 fully saturated rings. The van der Waals surface area contributed by atoms with Gasteiger partial charge in [0.15, 0.2) is 0 Å². The molecule has 6 heteroatoms. The summed E-state index contributed by atoms with van der Waals surface area (Å²) in [5.41, 5.74) is 4.04.